The van der Waals surface area contributed by atoms with E-state index in [0.29, 0.717) is 17.3 Å². The summed E-state index contributed by atoms with van der Waals surface area (Å²) in [6.45, 7) is 3.81. The monoisotopic (exact) mass is 292 g/mol. The van der Waals surface area contributed by atoms with Crippen LogP contribution < -0.4 is 5.32 Å². The van der Waals surface area contributed by atoms with E-state index in [1.54, 1.807) is 0 Å². The lowest BCUT2D eigenvalue weighted by atomic mass is 10.2. The lowest BCUT2D eigenvalue weighted by molar-refractivity contribution is 0.400. The minimum atomic E-state index is 0.557. The van der Waals surface area contributed by atoms with E-state index in [4.69, 9.17) is 4.52 Å². The fraction of sp³-hybridized carbons (Fsp3) is 0.118. The number of anilines is 2. The molecule has 0 amide bonds. The first-order valence-electron chi connectivity index (χ1n) is 7.00. The number of aromatic nitrogens is 1. The van der Waals surface area contributed by atoms with Crippen molar-refractivity contribution in [2.45, 2.75) is 13.8 Å². The molecule has 0 saturated heterocycles. The number of nitrogens with one attached hydrogen (secondary N) is 1. The molecule has 0 fully saturated rings. The molecule has 5 heteroatoms. The van der Waals surface area contributed by atoms with Gasteiger partial charge in [-0.2, -0.15) is 5.11 Å². The number of azo groups is 1. The average Bonchev–Trinajstić information content (AvgIpc) is 2.88. The smallest absolute Gasteiger partial charge is 0.202 e. The average molecular weight is 292 g/mol. The van der Waals surface area contributed by atoms with Crippen LogP contribution in [0.1, 0.15) is 11.3 Å². The van der Waals surface area contributed by atoms with Crippen LogP contribution in [0.2, 0.25) is 0 Å². The molecule has 0 saturated carbocycles. The van der Waals surface area contributed by atoms with E-state index in [0.717, 1.165) is 16.9 Å². The highest BCUT2D eigenvalue weighted by Crippen LogP contribution is 2.32. The summed E-state index contributed by atoms with van der Waals surface area (Å²) in [6.07, 6.45) is 0. The van der Waals surface area contributed by atoms with Gasteiger partial charge in [-0.15, -0.1) is 5.11 Å². The Balaban J connectivity index is 1.88. The molecule has 0 unspecified atom stereocenters. The summed E-state index contributed by atoms with van der Waals surface area (Å²) in [5.41, 5.74) is 3.42. The summed E-state index contributed by atoms with van der Waals surface area (Å²) in [5.74, 6) is 1.18. The van der Waals surface area contributed by atoms with Crippen LogP contribution in [0.15, 0.2) is 69.3 Å². The van der Waals surface area contributed by atoms with Gasteiger partial charge in [-0.1, -0.05) is 41.6 Å². The molecule has 2 aromatic carbocycles. The number of para-hydroxylation sites is 1. The maximum atomic E-state index is 5.22. The topological polar surface area (TPSA) is 62.8 Å². The Bertz CT molecular complexity index is 793. The molecule has 0 aliphatic rings. The van der Waals surface area contributed by atoms with Crippen molar-refractivity contribution in [3.8, 4) is 0 Å². The highest BCUT2D eigenvalue weighted by Gasteiger charge is 2.12. The third kappa shape index (κ3) is 3.03. The quantitative estimate of drug-likeness (QED) is 0.650. The zero-order valence-corrected chi connectivity index (χ0v) is 12.4. The van der Waals surface area contributed by atoms with Crippen molar-refractivity contribution in [2.75, 3.05) is 5.32 Å². The second-order valence-electron chi connectivity index (χ2n) is 4.91. The SMILES string of the molecule is Cc1ccccc1N=Nc1c(Nc2ccccc2)noc1C. The predicted octanol–water partition coefficient (Wildman–Crippen LogP) is 5.45. The number of benzene rings is 2. The Hall–Kier alpha value is -2.95. The number of hydrogen-bond donors (Lipinski definition) is 1. The van der Waals surface area contributed by atoms with Crippen LogP contribution in [0.25, 0.3) is 0 Å². The largest absolute Gasteiger partial charge is 0.357 e. The summed E-state index contributed by atoms with van der Waals surface area (Å²) in [5, 5.41) is 15.8. The maximum Gasteiger partial charge on any atom is 0.202 e. The Morgan fingerprint density at radius 2 is 1.64 bits per heavy atom. The van der Waals surface area contributed by atoms with Crippen LogP contribution in [-0.4, -0.2) is 5.16 Å². The van der Waals surface area contributed by atoms with Crippen LogP contribution in [0.4, 0.5) is 22.9 Å². The number of aryl methyl sites for hydroxylation is 2. The fourth-order valence-electron chi connectivity index (χ4n) is 2.00. The third-order valence-corrected chi connectivity index (χ3v) is 3.24. The van der Waals surface area contributed by atoms with Crippen LogP contribution >= 0.6 is 0 Å². The highest BCUT2D eigenvalue weighted by atomic mass is 16.5. The standard InChI is InChI=1S/C17H16N4O/c1-12-8-6-7-11-15(12)19-20-16-13(2)22-21-17(16)18-14-9-4-3-5-10-14/h3-11H,1-2H3,(H,18,21). The summed E-state index contributed by atoms with van der Waals surface area (Å²) in [7, 11) is 0. The van der Waals surface area contributed by atoms with Gasteiger partial charge in [0, 0.05) is 5.69 Å². The minimum Gasteiger partial charge on any atom is -0.357 e. The first-order valence-corrected chi connectivity index (χ1v) is 7.00. The summed E-state index contributed by atoms with van der Waals surface area (Å²) < 4.78 is 5.22. The molecule has 0 aliphatic heterocycles. The van der Waals surface area contributed by atoms with Crippen molar-refractivity contribution in [2.24, 2.45) is 10.2 Å². The molecule has 3 aromatic rings. The van der Waals surface area contributed by atoms with Gasteiger partial charge >= 0.3 is 0 Å². The van der Waals surface area contributed by atoms with Gasteiger partial charge in [0.25, 0.3) is 0 Å². The minimum absolute atomic E-state index is 0.557. The molecule has 110 valence electrons. The van der Waals surface area contributed by atoms with E-state index in [1.807, 2.05) is 68.4 Å². The van der Waals surface area contributed by atoms with E-state index in [2.05, 4.69) is 20.7 Å². The normalized spacial score (nSPS) is 11.0. The molecular weight excluding hydrogens is 276 g/mol. The summed E-state index contributed by atoms with van der Waals surface area (Å²) >= 11 is 0. The maximum absolute atomic E-state index is 5.22. The molecule has 22 heavy (non-hydrogen) atoms. The molecule has 1 heterocycles. The van der Waals surface area contributed by atoms with E-state index in [1.165, 1.54) is 0 Å². The second-order valence-corrected chi connectivity index (χ2v) is 4.91. The molecule has 0 atom stereocenters. The number of hydrogen-bond acceptors (Lipinski definition) is 5. The van der Waals surface area contributed by atoms with Crippen LogP contribution in [0.5, 0.6) is 0 Å². The van der Waals surface area contributed by atoms with Gasteiger partial charge in [0.15, 0.2) is 11.4 Å². The van der Waals surface area contributed by atoms with Gasteiger partial charge in [-0.3, -0.25) is 0 Å². The Labute approximate surface area is 128 Å². The van der Waals surface area contributed by atoms with Gasteiger partial charge in [-0.05, 0) is 37.6 Å². The first-order chi connectivity index (χ1) is 10.7. The predicted molar refractivity (Wildman–Crippen MR) is 86.3 cm³/mol. The van der Waals surface area contributed by atoms with Crippen molar-refractivity contribution in [3.05, 3.63) is 65.9 Å². The van der Waals surface area contributed by atoms with E-state index in [-0.39, 0.29) is 0 Å². The van der Waals surface area contributed by atoms with E-state index < -0.39 is 0 Å². The Morgan fingerprint density at radius 3 is 2.41 bits per heavy atom. The lowest BCUT2D eigenvalue weighted by Gasteiger charge is -2.02. The van der Waals surface area contributed by atoms with Crippen molar-refractivity contribution in [1.29, 1.82) is 0 Å². The Morgan fingerprint density at radius 1 is 0.909 bits per heavy atom. The van der Waals surface area contributed by atoms with Crippen LogP contribution in [-0.2, 0) is 0 Å². The zero-order chi connectivity index (χ0) is 15.4. The third-order valence-electron chi connectivity index (χ3n) is 3.24. The van der Waals surface area contributed by atoms with E-state index >= 15 is 0 Å². The molecule has 3 rings (SSSR count). The molecule has 0 aliphatic carbocycles. The second kappa shape index (κ2) is 6.22. The molecule has 0 spiro atoms. The lowest BCUT2D eigenvalue weighted by Crippen LogP contribution is -1.89. The van der Waals surface area contributed by atoms with E-state index in [9.17, 15) is 0 Å². The van der Waals surface area contributed by atoms with Gasteiger partial charge in [-0.25, -0.2) is 0 Å². The first kappa shape index (κ1) is 14.0. The summed E-state index contributed by atoms with van der Waals surface area (Å²) in [6, 6.07) is 17.6. The molecular formula is C17H16N4O. The molecule has 5 nitrogen and oxygen atoms in total. The van der Waals surface area contributed by atoms with Gasteiger partial charge in [0.1, 0.15) is 0 Å². The molecule has 1 N–H and O–H groups in total. The molecule has 1 aromatic heterocycles. The van der Waals surface area contributed by atoms with Crippen molar-refractivity contribution in [1.82, 2.24) is 5.16 Å². The van der Waals surface area contributed by atoms with Gasteiger partial charge in [0.05, 0.1) is 5.69 Å². The fourth-order valence-corrected chi connectivity index (χ4v) is 2.00. The number of rotatable bonds is 4. The zero-order valence-electron chi connectivity index (χ0n) is 12.4. The molecule has 0 bridgehead atoms. The van der Waals surface area contributed by atoms with Crippen LogP contribution in [0.3, 0.4) is 0 Å². The van der Waals surface area contributed by atoms with Crippen LogP contribution in [0, 0.1) is 13.8 Å². The molecule has 0 radical (unpaired) electrons. The van der Waals surface area contributed by atoms with Crippen molar-refractivity contribution < 1.29 is 4.52 Å². The van der Waals surface area contributed by atoms with Gasteiger partial charge in [0.2, 0.25) is 5.82 Å². The number of nitrogens with zero attached hydrogens (tertiary/aromatic N) is 3. The summed E-state index contributed by atoms with van der Waals surface area (Å²) in [4.78, 5) is 0. The van der Waals surface area contributed by atoms with Crippen molar-refractivity contribution in [3.63, 3.8) is 0 Å². The van der Waals surface area contributed by atoms with Crippen molar-refractivity contribution >= 4 is 22.9 Å². The Kier molecular flexibility index (Phi) is 3.96. The van der Waals surface area contributed by atoms with Gasteiger partial charge < -0.3 is 9.84 Å². The highest BCUT2D eigenvalue weighted by molar-refractivity contribution is 5.69.